The van der Waals surface area contributed by atoms with E-state index in [1.54, 1.807) is 51.1 Å². The van der Waals surface area contributed by atoms with E-state index in [1.165, 1.54) is 30.5 Å². The third-order valence-corrected chi connectivity index (χ3v) is 7.36. The smallest absolute Gasteiger partial charge is 0.408 e. The van der Waals surface area contributed by atoms with Crippen molar-refractivity contribution in [1.82, 2.24) is 19.3 Å². The van der Waals surface area contributed by atoms with E-state index < -0.39 is 27.5 Å². The molecule has 37 heavy (non-hydrogen) atoms. The summed E-state index contributed by atoms with van der Waals surface area (Å²) < 4.78 is 47.4. The molecular weight excluding hydrogens is 495 g/mol. The van der Waals surface area contributed by atoms with Crippen LogP contribution < -0.4 is 5.32 Å². The van der Waals surface area contributed by atoms with Crippen LogP contribution >= 0.6 is 0 Å². The van der Waals surface area contributed by atoms with E-state index in [0.29, 0.717) is 27.8 Å². The number of amides is 1. The molecule has 5 rings (SSSR count). The van der Waals surface area contributed by atoms with E-state index in [1.807, 2.05) is 12.1 Å². The molecule has 3 aromatic carbocycles. The van der Waals surface area contributed by atoms with E-state index in [9.17, 15) is 17.6 Å². The van der Waals surface area contributed by atoms with Gasteiger partial charge in [0.15, 0.2) is 0 Å². The van der Waals surface area contributed by atoms with Crippen molar-refractivity contribution in [2.24, 2.45) is 0 Å². The van der Waals surface area contributed by atoms with Crippen molar-refractivity contribution in [3.63, 3.8) is 0 Å². The van der Waals surface area contributed by atoms with Gasteiger partial charge in [-0.1, -0.05) is 24.3 Å². The van der Waals surface area contributed by atoms with Gasteiger partial charge in [-0.2, -0.15) is 0 Å². The number of nitrogens with one attached hydrogen (secondary N) is 2. The predicted octanol–water partition coefficient (Wildman–Crippen LogP) is 5.59. The number of halogens is 1. The molecule has 0 aliphatic heterocycles. The Hall–Kier alpha value is -4.18. The zero-order valence-electron chi connectivity index (χ0n) is 20.4. The maximum Gasteiger partial charge on any atom is 0.408 e. The van der Waals surface area contributed by atoms with Gasteiger partial charge in [0.25, 0.3) is 10.0 Å². The van der Waals surface area contributed by atoms with E-state index in [2.05, 4.69) is 15.3 Å². The Morgan fingerprint density at radius 2 is 1.84 bits per heavy atom. The number of hydrogen-bond acceptors (Lipinski definition) is 5. The zero-order valence-corrected chi connectivity index (χ0v) is 21.3. The molecule has 2 aromatic heterocycles. The Morgan fingerprint density at radius 1 is 1.08 bits per heavy atom. The van der Waals surface area contributed by atoms with Crippen LogP contribution in [0.25, 0.3) is 33.1 Å². The summed E-state index contributed by atoms with van der Waals surface area (Å²) in [5.74, 6) is 0.00183. The van der Waals surface area contributed by atoms with Crippen molar-refractivity contribution in [2.45, 2.75) is 37.8 Å². The van der Waals surface area contributed by atoms with Crippen molar-refractivity contribution in [3.8, 4) is 11.1 Å². The molecule has 8 nitrogen and oxygen atoms in total. The summed E-state index contributed by atoms with van der Waals surface area (Å²) in [5, 5.41) is 3.26. The number of fused-ring (bicyclic) bond motifs is 2. The van der Waals surface area contributed by atoms with Crippen LogP contribution in [0.3, 0.4) is 0 Å². The Labute approximate surface area is 213 Å². The van der Waals surface area contributed by atoms with Crippen LogP contribution in [0.15, 0.2) is 77.8 Å². The summed E-state index contributed by atoms with van der Waals surface area (Å²) in [7, 11) is -3.96. The highest BCUT2D eigenvalue weighted by molar-refractivity contribution is 7.90. The fourth-order valence-corrected chi connectivity index (χ4v) is 5.47. The minimum absolute atomic E-state index is 0.105. The quantitative estimate of drug-likeness (QED) is 0.314. The molecule has 2 heterocycles. The Balaban J connectivity index is 1.53. The van der Waals surface area contributed by atoms with E-state index in [0.717, 1.165) is 9.54 Å². The van der Waals surface area contributed by atoms with Gasteiger partial charge in [0, 0.05) is 17.1 Å². The largest absolute Gasteiger partial charge is 0.444 e. The highest BCUT2D eigenvalue weighted by Gasteiger charge is 2.22. The number of aromatic amines is 1. The van der Waals surface area contributed by atoms with Crippen LogP contribution in [-0.4, -0.2) is 34.1 Å². The predicted molar refractivity (Wildman–Crippen MR) is 139 cm³/mol. The minimum Gasteiger partial charge on any atom is -0.444 e. The molecule has 0 bridgehead atoms. The molecule has 1 amide bonds. The molecule has 0 unspecified atom stereocenters. The lowest BCUT2D eigenvalue weighted by molar-refractivity contribution is 0.0522. The fraction of sp³-hybridized carbons (Fsp3) is 0.185. The molecule has 0 spiro atoms. The number of hydrogen-bond donors (Lipinski definition) is 2. The first-order chi connectivity index (χ1) is 17.5. The fourth-order valence-electron chi connectivity index (χ4n) is 4.09. The number of ether oxygens (including phenoxy) is 1. The van der Waals surface area contributed by atoms with Gasteiger partial charge in [0.2, 0.25) is 0 Å². The third-order valence-electron chi connectivity index (χ3n) is 5.67. The van der Waals surface area contributed by atoms with Crippen LogP contribution in [0.2, 0.25) is 0 Å². The van der Waals surface area contributed by atoms with E-state index >= 15 is 0 Å². The molecule has 0 saturated heterocycles. The van der Waals surface area contributed by atoms with Gasteiger partial charge < -0.3 is 15.0 Å². The first-order valence-corrected chi connectivity index (χ1v) is 13.0. The number of carbonyl (C=O) groups excluding carboxylic acids is 1. The molecule has 190 valence electrons. The summed E-state index contributed by atoms with van der Waals surface area (Å²) >= 11 is 0. The van der Waals surface area contributed by atoms with Crippen LogP contribution in [0.1, 0.15) is 26.6 Å². The van der Waals surface area contributed by atoms with Gasteiger partial charge in [0.1, 0.15) is 17.2 Å². The molecule has 0 atom stereocenters. The Kier molecular flexibility index (Phi) is 5.99. The van der Waals surface area contributed by atoms with E-state index in [4.69, 9.17) is 4.74 Å². The summed E-state index contributed by atoms with van der Waals surface area (Å²) in [6.45, 7) is 5.50. The molecule has 0 saturated carbocycles. The Morgan fingerprint density at radius 3 is 2.57 bits per heavy atom. The molecule has 0 fully saturated rings. The van der Waals surface area contributed by atoms with Crippen molar-refractivity contribution in [2.75, 3.05) is 0 Å². The van der Waals surface area contributed by atoms with Gasteiger partial charge in [-0.05, 0) is 68.8 Å². The second kappa shape index (κ2) is 9.04. The Bertz CT molecular complexity index is 1740. The maximum atomic E-state index is 14.2. The summed E-state index contributed by atoms with van der Waals surface area (Å²) in [6.07, 6.45) is 0.961. The SMILES string of the molecule is CC(C)(C)OC(=O)NCc1nc2ccc(-c3cn(S(=O)(=O)c4ccccc4)c4cc(F)ccc34)cc2[nH]1. The zero-order chi connectivity index (χ0) is 26.4. The molecule has 10 heteroatoms. The number of carbonyl (C=O) groups is 1. The van der Waals surface area contributed by atoms with Crippen molar-refractivity contribution in [3.05, 3.63) is 84.6 Å². The summed E-state index contributed by atoms with van der Waals surface area (Å²) in [5.41, 5.74) is 2.36. The van der Waals surface area contributed by atoms with Crippen molar-refractivity contribution < 1.29 is 22.3 Å². The van der Waals surface area contributed by atoms with Gasteiger partial charge >= 0.3 is 6.09 Å². The average molecular weight is 521 g/mol. The maximum absolute atomic E-state index is 14.2. The van der Waals surface area contributed by atoms with Crippen molar-refractivity contribution in [1.29, 1.82) is 0 Å². The average Bonchev–Trinajstić information content (AvgIpc) is 3.43. The molecule has 5 aromatic rings. The number of imidazole rings is 1. The number of alkyl carbamates (subject to hydrolysis) is 1. The highest BCUT2D eigenvalue weighted by atomic mass is 32.2. The van der Waals surface area contributed by atoms with Gasteiger partial charge in [0.05, 0.1) is 28.0 Å². The lowest BCUT2D eigenvalue weighted by Gasteiger charge is -2.19. The number of H-pyrrole nitrogens is 1. The topological polar surface area (TPSA) is 106 Å². The van der Waals surface area contributed by atoms with Crippen LogP contribution in [0.5, 0.6) is 0 Å². The molecule has 2 N–H and O–H groups in total. The van der Waals surface area contributed by atoms with E-state index in [-0.39, 0.29) is 17.0 Å². The number of rotatable bonds is 5. The monoisotopic (exact) mass is 520 g/mol. The normalized spacial score (nSPS) is 12.2. The van der Waals surface area contributed by atoms with Gasteiger partial charge in [-0.15, -0.1) is 0 Å². The number of benzene rings is 3. The summed E-state index contributed by atoms with van der Waals surface area (Å²) in [6, 6.07) is 17.6. The number of aromatic nitrogens is 3. The second-order valence-electron chi connectivity index (χ2n) is 9.59. The van der Waals surface area contributed by atoms with Gasteiger partial charge in [-0.3, -0.25) is 0 Å². The highest BCUT2D eigenvalue weighted by Crippen LogP contribution is 2.34. The van der Waals surface area contributed by atoms with Crippen LogP contribution in [-0.2, 0) is 21.3 Å². The number of nitrogens with zero attached hydrogens (tertiary/aromatic N) is 2. The molecule has 0 aliphatic carbocycles. The second-order valence-corrected chi connectivity index (χ2v) is 11.4. The lowest BCUT2D eigenvalue weighted by Crippen LogP contribution is -2.32. The third kappa shape index (κ3) is 4.92. The molecular formula is C27H25FN4O4S. The lowest BCUT2D eigenvalue weighted by atomic mass is 10.0. The minimum atomic E-state index is -3.96. The first kappa shape index (κ1) is 24.5. The van der Waals surface area contributed by atoms with Crippen molar-refractivity contribution >= 4 is 38.1 Å². The molecule has 0 radical (unpaired) electrons. The molecule has 0 aliphatic rings. The van der Waals surface area contributed by atoms with Crippen LogP contribution in [0, 0.1) is 5.82 Å². The standard InChI is InChI=1S/C27H25FN4O4S/c1-27(2,3)36-26(33)29-15-25-30-22-12-9-17(13-23(22)31-25)21-16-32(24-14-18(28)10-11-20(21)24)37(34,35)19-7-5-4-6-8-19/h4-14,16H,15H2,1-3H3,(H,29,33)(H,30,31). The summed E-state index contributed by atoms with van der Waals surface area (Å²) in [4.78, 5) is 19.7. The van der Waals surface area contributed by atoms with Gasteiger partial charge in [-0.25, -0.2) is 26.6 Å². The van der Waals surface area contributed by atoms with Crippen LogP contribution in [0.4, 0.5) is 9.18 Å². The first-order valence-electron chi connectivity index (χ1n) is 11.6.